The first-order chi connectivity index (χ1) is 6.93. The number of hydrogen-bond donors (Lipinski definition) is 2. The van der Waals surface area contributed by atoms with E-state index in [4.69, 9.17) is 11.6 Å². The van der Waals surface area contributed by atoms with Crippen molar-refractivity contribution in [2.45, 2.75) is 38.1 Å². The lowest BCUT2D eigenvalue weighted by Gasteiger charge is -2.38. The van der Waals surface area contributed by atoms with Crippen LogP contribution in [0.2, 0.25) is 0 Å². The Morgan fingerprint density at radius 1 is 1.60 bits per heavy atom. The molecule has 0 bridgehead atoms. The molecule has 90 valence electrons. The molecule has 0 saturated heterocycles. The minimum Gasteiger partial charge on any atom is -0.394 e. The Morgan fingerprint density at radius 2 is 2.27 bits per heavy atom. The van der Waals surface area contributed by atoms with E-state index in [2.05, 4.69) is 11.6 Å². The average Bonchev–Trinajstić information content (AvgIpc) is 2.17. The van der Waals surface area contributed by atoms with E-state index < -0.39 is 20.8 Å². The van der Waals surface area contributed by atoms with Gasteiger partial charge in [-0.05, 0) is 18.8 Å². The lowest BCUT2D eigenvalue weighted by molar-refractivity contribution is 0.120. The maximum atomic E-state index is 11.4. The molecular formula is C9H18ClNO3S. The number of rotatable bonds is 4. The molecule has 15 heavy (non-hydrogen) atoms. The van der Waals surface area contributed by atoms with Gasteiger partial charge >= 0.3 is 0 Å². The zero-order chi connectivity index (χ0) is 11.5. The van der Waals surface area contributed by atoms with E-state index in [0.717, 1.165) is 12.8 Å². The monoisotopic (exact) mass is 255 g/mol. The highest BCUT2D eigenvalue weighted by atomic mass is 35.5. The van der Waals surface area contributed by atoms with Crippen molar-refractivity contribution in [1.82, 2.24) is 4.72 Å². The van der Waals surface area contributed by atoms with Crippen LogP contribution >= 0.6 is 11.6 Å². The van der Waals surface area contributed by atoms with Gasteiger partial charge < -0.3 is 5.11 Å². The van der Waals surface area contributed by atoms with E-state index >= 15 is 0 Å². The predicted octanol–water partition coefficient (Wildman–Crippen LogP) is 1.04. The maximum Gasteiger partial charge on any atom is 0.226 e. The molecule has 0 aromatic rings. The molecule has 1 rings (SSSR count). The van der Waals surface area contributed by atoms with Gasteiger partial charge in [0.15, 0.2) is 0 Å². The molecule has 2 atom stereocenters. The first-order valence-corrected chi connectivity index (χ1v) is 7.30. The zero-order valence-electron chi connectivity index (χ0n) is 8.87. The van der Waals surface area contributed by atoms with Crippen molar-refractivity contribution >= 4 is 21.6 Å². The highest BCUT2D eigenvalue weighted by molar-refractivity contribution is 7.90. The summed E-state index contributed by atoms with van der Waals surface area (Å²) in [6.45, 7) is 1.91. The van der Waals surface area contributed by atoms with Crippen LogP contribution in [0.1, 0.15) is 32.6 Å². The zero-order valence-corrected chi connectivity index (χ0v) is 10.4. The first-order valence-electron chi connectivity index (χ1n) is 5.11. The van der Waals surface area contributed by atoms with Crippen molar-refractivity contribution in [2.24, 2.45) is 5.92 Å². The van der Waals surface area contributed by atoms with Crippen LogP contribution in [0.25, 0.3) is 0 Å². The van der Waals surface area contributed by atoms with E-state index in [1.165, 1.54) is 0 Å². The number of sulfonamides is 1. The lowest BCUT2D eigenvalue weighted by atomic mass is 9.78. The largest absolute Gasteiger partial charge is 0.394 e. The van der Waals surface area contributed by atoms with Crippen LogP contribution in [0.5, 0.6) is 0 Å². The fraction of sp³-hybridized carbons (Fsp3) is 1.00. The highest BCUT2D eigenvalue weighted by Gasteiger charge is 2.37. The van der Waals surface area contributed by atoms with Crippen LogP contribution in [0.4, 0.5) is 0 Å². The smallest absolute Gasteiger partial charge is 0.226 e. The number of hydrogen-bond acceptors (Lipinski definition) is 3. The van der Waals surface area contributed by atoms with Gasteiger partial charge in [0, 0.05) is 0 Å². The van der Waals surface area contributed by atoms with E-state index in [1.807, 2.05) is 0 Å². The molecule has 0 aromatic carbocycles. The van der Waals surface area contributed by atoms with E-state index in [9.17, 15) is 13.5 Å². The molecule has 4 nitrogen and oxygen atoms in total. The molecule has 0 aromatic heterocycles. The van der Waals surface area contributed by atoms with Gasteiger partial charge in [-0.25, -0.2) is 13.1 Å². The van der Waals surface area contributed by atoms with Gasteiger partial charge in [-0.1, -0.05) is 19.8 Å². The normalized spacial score (nSPS) is 32.9. The number of aliphatic hydroxyl groups excluding tert-OH is 1. The Bertz CT molecular complexity index is 306. The third kappa shape index (κ3) is 3.59. The summed E-state index contributed by atoms with van der Waals surface area (Å²) in [7, 11) is -3.46. The summed E-state index contributed by atoms with van der Waals surface area (Å²) in [5, 5.41) is 8.89. The van der Waals surface area contributed by atoms with Crippen molar-refractivity contribution in [1.29, 1.82) is 0 Å². The summed E-state index contributed by atoms with van der Waals surface area (Å²) in [5.41, 5.74) is -0.689. The van der Waals surface area contributed by atoms with Crippen LogP contribution in [0.3, 0.4) is 0 Å². The fourth-order valence-corrected chi connectivity index (χ4v) is 3.41. The molecule has 0 radical (unpaired) electrons. The summed E-state index contributed by atoms with van der Waals surface area (Å²) in [5.74, 6) is 0.434. The Kier molecular flexibility index (Phi) is 4.40. The molecule has 6 heteroatoms. The Hall–Kier alpha value is 0.160. The predicted molar refractivity (Wildman–Crippen MR) is 60.2 cm³/mol. The third-order valence-electron chi connectivity index (χ3n) is 2.91. The Labute approximate surface area is 96.1 Å². The van der Waals surface area contributed by atoms with Crippen LogP contribution < -0.4 is 4.72 Å². The summed E-state index contributed by atoms with van der Waals surface area (Å²) in [4.78, 5) is 0. The second-order valence-electron chi connectivity index (χ2n) is 4.47. The SMILES string of the molecule is CC1CCCC(CO)(NS(=O)(=O)CCl)C1. The van der Waals surface area contributed by atoms with Gasteiger partial charge in [0.2, 0.25) is 10.0 Å². The van der Waals surface area contributed by atoms with Gasteiger partial charge in [-0.15, -0.1) is 11.6 Å². The minimum atomic E-state index is -3.46. The summed E-state index contributed by atoms with van der Waals surface area (Å²) in [6.07, 6.45) is 3.39. The molecular weight excluding hydrogens is 238 g/mol. The summed E-state index contributed by atoms with van der Waals surface area (Å²) >= 11 is 5.34. The van der Waals surface area contributed by atoms with Crippen LogP contribution in [-0.2, 0) is 10.0 Å². The number of nitrogens with one attached hydrogen (secondary N) is 1. The second-order valence-corrected chi connectivity index (χ2v) is 6.77. The third-order valence-corrected chi connectivity index (χ3v) is 4.80. The topological polar surface area (TPSA) is 66.4 Å². The molecule has 1 aliphatic carbocycles. The Balaban J connectivity index is 2.76. The quantitative estimate of drug-likeness (QED) is 0.738. The van der Waals surface area contributed by atoms with Crippen molar-refractivity contribution < 1.29 is 13.5 Å². The molecule has 0 spiro atoms. The van der Waals surface area contributed by atoms with Gasteiger partial charge in [-0.2, -0.15) is 0 Å². The van der Waals surface area contributed by atoms with Crippen molar-refractivity contribution in [2.75, 3.05) is 11.8 Å². The number of halogens is 1. The van der Waals surface area contributed by atoms with E-state index in [0.29, 0.717) is 18.8 Å². The van der Waals surface area contributed by atoms with Crippen molar-refractivity contribution in [3.8, 4) is 0 Å². The van der Waals surface area contributed by atoms with Crippen LogP contribution in [-0.4, -0.2) is 30.9 Å². The molecule has 2 N–H and O–H groups in total. The molecule has 2 unspecified atom stereocenters. The maximum absolute atomic E-state index is 11.4. The van der Waals surface area contributed by atoms with Crippen molar-refractivity contribution in [3.05, 3.63) is 0 Å². The van der Waals surface area contributed by atoms with Crippen LogP contribution in [0, 0.1) is 5.92 Å². The van der Waals surface area contributed by atoms with Crippen LogP contribution in [0.15, 0.2) is 0 Å². The first kappa shape index (κ1) is 13.2. The minimum absolute atomic E-state index is 0.159. The molecule has 0 aliphatic heterocycles. The molecule has 0 amide bonds. The van der Waals surface area contributed by atoms with Gasteiger partial charge in [0.1, 0.15) is 5.21 Å². The summed E-state index contributed by atoms with van der Waals surface area (Å²) in [6, 6.07) is 0. The standard InChI is InChI=1S/C9H18ClNO3S/c1-8-3-2-4-9(5-8,6-12)11-15(13,14)7-10/h8,11-12H,2-7H2,1H3. The highest BCUT2D eigenvalue weighted by Crippen LogP contribution is 2.32. The molecule has 1 fully saturated rings. The second kappa shape index (κ2) is 4.99. The fourth-order valence-electron chi connectivity index (χ4n) is 2.29. The van der Waals surface area contributed by atoms with Gasteiger partial charge in [0.05, 0.1) is 12.1 Å². The number of aliphatic hydroxyl groups is 1. The summed E-state index contributed by atoms with van der Waals surface area (Å²) < 4.78 is 25.3. The average molecular weight is 256 g/mol. The lowest BCUT2D eigenvalue weighted by Crippen LogP contribution is -2.53. The van der Waals surface area contributed by atoms with Gasteiger partial charge in [0.25, 0.3) is 0 Å². The van der Waals surface area contributed by atoms with Crippen molar-refractivity contribution in [3.63, 3.8) is 0 Å². The van der Waals surface area contributed by atoms with E-state index in [1.54, 1.807) is 0 Å². The number of alkyl halides is 1. The molecule has 0 heterocycles. The van der Waals surface area contributed by atoms with Gasteiger partial charge in [-0.3, -0.25) is 0 Å². The Morgan fingerprint density at radius 3 is 2.73 bits per heavy atom. The molecule has 1 aliphatic rings. The van der Waals surface area contributed by atoms with E-state index in [-0.39, 0.29) is 6.61 Å². The molecule has 1 saturated carbocycles.